The highest BCUT2D eigenvalue weighted by atomic mass is 16.2. The van der Waals surface area contributed by atoms with Gasteiger partial charge in [0.1, 0.15) is 17.9 Å². The van der Waals surface area contributed by atoms with Gasteiger partial charge in [0.25, 0.3) is 5.91 Å². The number of carbonyl (C=O) groups excluding carboxylic acids is 3. The largest absolute Gasteiger partial charge is 0.325 e. The van der Waals surface area contributed by atoms with E-state index >= 15 is 0 Å². The van der Waals surface area contributed by atoms with Crippen LogP contribution >= 0.6 is 0 Å². The molecule has 0 spiro atoms. The van der Waals surface area contributed by atoms with Gasteiger partial charge in [0, 0.05) is 11.4 Å². The summed E-state index contributed by atoms with van der Waals surface area (Å²) in [6, 6.07) is 23.7. The lowest BCUT2D eigenvalue weighted by Gasteiger charge is -2.22. The normalized spacial score (nSPS) is 17.8. The summed E-state index contributed by atoms with van der Waals surface area (Å²) in [6.07, 6.45) is 0. The number of imidazole rings is 1. The molecule has 3 aromatic carbocycles. The molecule has 1 aromatic heterocycles. The van der Waals surface area contributed by atoms with Crippen LogP contribution in [0.4, 0.5) is 10.5 Å². The number of amides is 4. The number of anilines is 1. The molecule has 4 aromatic rings. The third-order valence-electron chi connectivity index (χ3n) is 6.05. The number of hydrogen-bond donors (Lipinski definition) is 2. The van der Waals surface area contributed by atoms with Gasteiger partial charge in [0.15, 0.2) is 0 Å². The van der Waals surface area contributed by atoms with Crippen LogP contribution < -0.4 is 10.6 Å². The van der Waals surface area contributed by atoms with Gasteiger partial charge >= 0.3 is 6.03 Å². The third-order valence-corrected chi connectivity index (χ3v) is 6.05. The van der Waals surface area contributed by atoms with Crippen LogP contribution in [0.25, 0.3) is 16.7 Å². The van der Waals surface area contributed by atoms with Crippen molar-refractivity contribution in [3.05, 3.63) is 90.3 Å². The predicted molar refractivity (Wildman–Crippen MR) is 128 cm³/mol. The highest BCUT2D eigenvalue weighted by Crippen LogP contribution is 2.29. The van der Waals surface area contributed by atoms with Crippen LogP contribution in [-0.2, 0) is 15.1 Å². The summed E-state index contributed by atoms with van der Waals surface area (Å²) in [5.41, 5.74) is 2.62. The van der Waals surface area contributed by atoms with Crippen LogP contribution in [-0.4, -0.2) is 38.8 Å². The fourth-order valence-electron chi connectivity index (χ4n) is 4.33. The number of nitrogens with zero attached hydrogens (tertiary/aromatic N) is 3. The average molecular weight is 454 g/mol. The lowest BCUT2D eigenvalue weighted by atomic mass is 9.92. The molecular formula is C26H23N5O3. The fourth-order valence-corrected chi connectivity index (χ4v) is 4.33. The summed E-state index contributed by atoms with van der Waals surface area (Å²) in [6.45, 7) is 3.18. The van der Waals surface area contributed by atoms with Crippen molar-refractivity contribution >= 4 is 34.6 Å². The molecule has 34 heavy (non-hydrogen) atoms. The van der Waals surface area contributed by atoms with Crippen molar-refractivity contribution in [2.24, 2.45) is 0 Å². The van der Waals surface area contributed by atoms with E-state index in [1.54, 1.807) is 43.3 Å². The highest BCUT2D eigenvalue weighted by Gasteiger charge is 2.49. The van der Waals surface area contributed by atoms with E-state index in [2.05, 4.69) is 15.6 Å². The summed E-state index contributed by atoms with van der Waals surface area (Å²) >= 11 is 0. The maximum absolute atomic E-state index is 13.0. The van der Waals surface area contributed by atoms with E-state index in [0.717, 1.165) is 27.4 Å². The maximum atomic E-state index is 13.0. The number of nitrogens with one attached hydrogen (secondary N) is 2. The molecule has 1 atom stereocenters. The summed E-state index contributed by atoms with van der Waals surface area (Å²) in [5.74, 6) is -0.116. The molecule has 8 heteroatoms. The summed E-state index contributed by atoms with van der Waals surface area (Å²) < 4.78 is 2.04. The Balaban J connectivity index is 1.33. The minimum atomic E-state index is -1.21. The summed E-state index contributed by atoms with van der Waals surface area (Å²) in [7, 11) is 0. The number of aryl methyl sites for hydroxylation is 1. The Bertz CT molecular complexity index is 1410. The number of rotatable bonds is 5. The third kappa shape index (κ3) is 3.59. The number of hydrogen-bond acceptors (Lipinski definition) is 4. The van der Waals surface area contributed by atoms with Gasteiger partial charge in [-0.25, -0.2) is 9.78 Å². The van der Waals surface area contributed by atoms with E-state index in [1.807, 2.05) is 54.0 Å². The van der Waals surface area contributed by atoms with Gasteiger partial charge in [-0.2, -0.15) is 0 Å². The number of aromatic nitrogens is 2. The molecule has 170 valence electrons. The lowest BCUT2D eigenvalue weighted by Crippen LogP contribution is -2.42. The second kappa shape index (κ2) is 8.15. The van der Waals surface area contributed by atoms with Gasteiger partial charge in [0.05, 0.1) is 11.0 Å². The van der Waals surface area contributed by atoms with Crippen LogP contribution in [0.2, 0.25) is 0 Å². The first-order valence-electron chi connectivity index (χ1n) is 10.9. The molecule has 2 heterocycles. The van der Waals surface area contributed by atoms with Gasteiger partial charge in [-0.15, -0.1) is 0 Å². The Morgan fingerprint density at radius 3 is 2.38 bits per heavy atom. The Morgan fingerprint density at radius 2 is 1.68 bits per heavy atom. The highest BCUT2D eigenvalue weighted by molar-refractivity contribution is 6.10. The SMILES string of the molecule is Cc1nc2cc(NC(=O)CN3C(=O)N[C@@](C)(c4ccccc4)C3=O)ccc2n1-c1ccccc1. The Hall–Kier alpha value is -4.46. The molecule has 1 aliphatic heterocycles. The standard InChI is InChI=1S/C26H23N5O3/c1-17-27-21-15-19(13-14-22(21)31(17)20-11-7-4-8-12-20)28-23(32)16-30-24(33)26(2,29-25(30)34)18-9-5-3-6-10-18/h3-15H,16H2,1-2H3,(H,28,32)(H,29,34)/t26-/m0/s1. The molecule has 1 aliphatic rings. The molecule has 8 nitrogen and oxygen atoms in total. The number of carbonyl (C=O) groups is 3. The lowest BCUT2D eigenvalue weighted by molar-refractivity contribution is -0.133. The zero-order valence-electron chi connectivity index (χ0n) is 18.8. The van der Waals surface area contributed by atoms with Crippen molar-refractivity contribution in [3.63, 3.8) is 0 Å². The van der Waals surface area contributed by atoms with Gasteiger partial charge in [-0.1, -0.05) is 48.5 Å². The van der Waals surface area contributed by atoms with E-state index in [0.29, 0.717) is 11.3 Å². The van der Waals surface area contributed by atoms with E-state index in [-0.39, 0.29) is 6.54 Å². The zero-order valence-corrected chi connectivity index (χ0v) is 18.8. The summed E-state index contributed by atoms with van der Waals surface area (Å²) in [4.78, 5) is 43.8. The fraction of sp³-hybridized carbons (Fsp3) is 0.154. The molecule has 5 rings (SSSR count). The van der Waals surface area contributed by atoms with E-state index in [1.165, 1.54) is 0 Å². The molecule has 0 unspecified atom stereocenters. The van der Waals surface area contributed by atoms with Crippen LogP contribution in [0.5, 0.6) is 0 Å². The molecule has 2 N–H and O–H groups in total. The van der Waals surface area contributed by atoms with Crippen molar-refractivity contribution in [1.82, 2.24) is 19.8 Å². The van der Waals surface area contributed by atoms with Gasteiger partial charge in [-0.3, -0.25) is 19.1 Å². The van der Waals surface area contributed by atoms with Crippen LogP contribution in [0.1, 0.15) is 18.3 Å². The number of urea groups is 1. The molecule has 4 amide bonds. The van der Waals surface area contributed by atoms with Crippen molar-refractivity contribution < 1.29 is 14.4 Å². The van der Waals surface area contributed by atoms with Crippen molar-refractivity contribution in [3.8, 4) is 5.69 Å². The minimum Gasteiger partial charge on any atom is -0.324 e. The minimum absolute atomic E-state index is 0.386. The van der Waals surface area contributed by atoms with Crippen LogP contribution in [0.3, 0.4) is 0 Å². The number of benzene rings is 3. The maximum Gasteiger partial charge on any atom is 0.325 e. The van der Waals surface area contributed by atoms with E-state index < -0.39 is 23.4 Å². The molecule has 1 saturated heterocycles. The first kappa shape index (κ1) is 21.4. The number of para-hydroxylation sites is 1. The first-order chi connectivity index (χ1) is 16.4. The van der Waals surface area contributed by atoms with Gasteiger partial charge in [-0.05, 0) is 49.7 Å². The second-order valence-corrected chi connectivity index (χ2v) is 8.39. The van der Waals surface area contributed by atoms with Crippen molar-refractivity contribution in [2.75, 3.05) is 11.9 Å². The monoisotopic (exact) mass is 453 g/mol. The summed E-state index contributed by atoms with van der Waals surface area (Å²) in [5, 5.41) is 5.48. The average Bonchev–Trinajstić information content (AvgIpc) is 3.28. The Kier molecular flexibility index (Phi) is 5.13. The topological polar surface area (TPSA) is 96.3 Å². The predicted octanol–water partition coefficient (Wildman–Crippen LogP) is 3.74. The van der Waals surface area contributed by atoms with E-state index in [4.69, 9.17) is 0 Å². The molecule has 0 radical (unpaired) electrons. The molecule has 0 bridgehead atoms. The van der Waals surface area contributed by atoms with Crippen molar-refractivity contribution in [2.45, 2.75) is 19.4 Å². The quantitative estimate of drug-likeness (QED) is 0.450. The molecule has 0 saturated carbocycles. The second-order valence-electron chi connectivity index (χ2n) is 8.39. The molecule has 1 fully saturated rings. The van der Waals surface area contributed by atoms with Crippen molar-refractivity contribution in [1.29, 1.82) is 0 Å². The van der Waals surface area contributed by atoms with Gasteiger partial charge < -0.3 is 10.6 Å². The Labute approximate surface area is 196 Å². The number of imide groups is 1. The van der Waals surface area contributed by atoms with Gasteiger partial charge in [0.2, 0.25) is 5.91 Å². The van der Waals surface area contributed by atoms with Crippen LogP contribution in [0, 0.1) is 6.92 Å². The zero-order chi connectivity index (χ0) is 23.9. The Morgan fingerprint density at radius 1 is 1.00 bits per heavy atom. The molecular weight excluding hydrogens is 430 g/mol. The first-order valence-corrected chi connectivity index (χ1v) is 10.9. The van der Waals surface area contributed by atoms with Crippen LogP contribution in [0.15, 0.2) is 78.9 Å². The molecule has 0 aliphatic carbocycles. The van der Waals surface area contributed by atoms with E-state index in [9.17, 15) is 14.4 Å². The smallest absolute Gasteiger partial charge is 0.324 e. The number of fused-ring (bicyclic) bond motifs is 1.